The molecule has 5 heteroatoms. The molecule has 0 saturated carbocycles. The SMILES string of the molecule is CC1CCN(C(=O)CCCOc2ccccc2F)CC1O. The van der Waals surface area contributed by atoms with E-state index >= 15 is 0 Å². The predicted molar refractivity (Wildman–Crippen MR) is 77.5 cm³/mol. The number of amides is 1. The molecule has 0 aromatic heterocycles. The van der Waals surface area contributed by atoms with E-state index in [0.29, 0.717) is 32.5 Å². The first-order valence-electron chi connectivity index (χ1n) is 7.41. The monoisotopic (exact) mass is 295 g/mol. The van der Waals surface area contributed by atoms with Crippen LogP contribution in [-0.2, 0) is 4.79 Å². The second-order valence-corrected chi connectivity index (χ2v) is 5.56. The topological polar surface area (TPSA) is 49.8 Å². The van der Waals surface area contributed by atoms with Gasteiger partial charge in [-0.2, -0.15) is 0 Å². The highest BCUT2D eigenvalue weighted by Crippen LogP contribution is 2.18. The van der Waals surface area contributed by atoms with Crippen molar-refractivity contribution < 1.29 is 19.0 Å². The number of likely N-dealkylation sites (tertiary alicyclic amines) is 1. The number of carbonyl (C=O) groups is 1. The number of nitrogens with zero attached hydrogens (tertiary/aromatic N) is 1. The normalized spacial score (nSPS) is 22.1. The van der Waals surface area contributed by atoms with Crippen LogP contribution >= 0.6 is 0 Å². The van der Waals surface area contributed by atoms with Crippen molar-refractivity contribution in [3.05, 3.63) is 30.1 Å². The Balaban J connectivity index is 1.69. The van der Waals surface area contributed by atoms with E-state index in [9.17, 15) is 14.3 Å². The number of rotatable bonds is 5. The summed E-state index contributed by atoms with van der Waals surface area (Å²) in [6.07, 6.45) is 1.29. The molecule has 2 rings (SSSR count). The lowest BCUT2D eigenvalue weighted by molar-refractivity contribution is -0.135. The fraction of sp³-hybridized carbons (Fsp3) is 0.562. The van der Waals surface area contributed by atoms with Gasteiger partial charge >= 0.3 is 0 Å². The second kappa shape index (κ2) is 7.41. The summed E-state index contributed by atoms with van der Waals surface area (Å²) in [5.41, 5.74) is 0. The van der Waals surface area contributed by atoms with E-state index < -0.39 is 11.9 Å². The van der Waals surface area contributed by atoms with Gasteiger partial charge in [-0.3, -0.25) is 4.79 Å². The smallest absolute Gasteiger partial charge is 0.222 e. The van der Waals surface area contributed by atoms with Crippen LogP contribution in [0.1, 0.15) is 26.2 Å². The molecule has 116 valence electrons. The summed E-state index contributed by atoms with van der Waals surface area (Å²) in [5, 5.41) is 9.79. The van der Waals surface area contributed by atoms with Gasteiger partial charge in [0.15, 0.2) is 11.6 Å². The number of ether oxygens (including phenoxy) is 1. The number of para-hydroxylation sites is 1. The molecule has 4 nitrogen and oxygen atoms in total. The molecule has 1 amide bonds. The highest BCUT2D eigenvalue weighted by molar-refractivity contribution is 5.76. The Morgan fingerprint density at radius 1 is 1.48 bits per heavy atom. The van der Waals surface area contributed by atoms with Gasteiger partial charge in [-0.25, -0.2) is 4.39 Å². The van der Waals surface area contributed by atoms with Crippen molar-refractivity contribution in [2.24, 2.45) is 5.92 Å². The lowest BCUT2D eigenvalue weighted by Crippen LogP contribution is -2.45. The summed E-state index contributed by atoms with van der Waals surface area (Å²) < 4.78 is 18.6. The molecule has 2 unspecified atom stereocenters. The third-order valence-corrected chi connectivity index (χ3v) is 3.90. The number of aliphatic hydroxyl groups is 1. The first-order valence-corrected chi connectivity index (χ1v) is 7.41. The van der Waals surface area contributed by atoms with Crippen molar-refractivity contribution >= 4 is 5.91 Å². The maximum absolute atomic E-state index is 13.3. The van der Waals surface area contributed by atoms with Crippen LogP contribution < -0.4 is 4.74 Å². The molecule has 0 aliphatic carbocycles. The van der Waals surface area contributed by atoms with Crippen molar-refractivity contribution in [2.45, 2.75) is 32.3 Å². The maximum atomic E-state index is 13.3. The zero-order chi connectivity index (χ0) is 15.2. The van der Waals surface area contributed by atoms with Gasteiger partial charge in [0.1, 0.15) is 0 Å². The predicted octanol–water partition coefficient (Wildman–Crippen LogP) is 2.21. The molecule has 21 heavy (non-hydrogen) atoms. The van der Waals surface area contributed by atoms with Gasteiger partial charge in [0.25, 0.3) is 0 Å². The second-order valence-electron chi connectivity index (χ2n) is 5.56. The van der Waals surface area contributed by atoms with E-state index in [1.54, 1.807) is 23.1 Å². The zero-order valence-electron chi connectivity index (χ0n) is 12.3. The summed E-state index contributed by atoms with van der Waals surface area (Å²) >= 11 is 0. The Hall–Kier alpha value is -1.62. The lowest BCUT2D eigenvalue weighted by Gasteiger charge is -2.34. The first-order chi connectivity index (χ1) is 10.1. The van der Waals surface area contributed by atoms with Gasteiger partial charge in [0.2, 0.25) is 5.91 Å². The highest BCUT2D eigenvalue weighted by Gasteiger charge is 2.26. The minimum atomic E-state index is -0.433. The zero-order valence-corrected chi connectivity index (χ0v) is 12.3. The fourth-order valence-electron chi connectivity index (χ4n) is 2.40. The van der Waals surface area contributed by atoms with Crippen molar-refractivity contribution in [2.75, 3.05) is 19.7 Å². The summed E-state index contributed by atoms with van der Waals surface area (Å²) in [5.74, 6) is 0.0978. The van der Waals surface area contributed by atoms with Crippen LogP contribution in [0.3, 0.4) is 0 Å². The summed E-state index contributed by atoms with van der Waals surface area (Å²) in [6, 6.07) is 6.23. The van der Waals surface area contributed by atoms with Crippen LogP contribution in [0.2, 0.25) is 0 Å². The third-order valence-electron chi connectivity index (χ3n) is 3.90. The van der Waals surface area contributed by atoms with Gasteiger partial charge in [-0.15, -0.1) is 0 Å². The van der Waals surface area contributed by atoms with Gasteiger partial charge in [0.05, 0.1) is 12.7 Å². The van der Waals surface area contributed by atoms with Crippen LogP contribution in [0.4, 0.5) is 4.39 Å². The van der Waals surface area contributed by atoms with Gasteiger partial charge in [-0.05, 0) is 30.9 Å². The molecule has 1 aliphatic heterocycles. The van der Waals surface area contributed by atoms with E-state index in [2.05, 4.69) is 0 Å². The molecule has 1 saturated heterocycles. The summed E-state index contributed by atoms with van der Waals surface area (Å²) in [4.78, 5) is 13.7. The van der Waals surface area contributed by atoms with Crippen LogP contribution in [0.5, 0.6) is 5.75 Å². The molecular weight excluding hydrogens is 273 g/mol. The number of carbonyl (C=O) groups excluding carboxylic acids is 1. The molecular formula is C16H22FNO3. The molecule has 1 N–H and O–H groups in total. The van der Waals surface area contributed by atoms with Crippen molar-refractivity contribution in [1.82, 2.24) is 4.90 Å². The largest absolute Gasteiger partial charge is 0.491 e. The van der Waals surface area contributed by atoms with E-state index in [4.69, 9.17) is 4.74 Å². The van der Waals surface area contributed by atoms with E-state index in [1.807, 2.05) is 6.92 Å². The Morgan fingerprint density at radius 3 is 2.95 bits per heavy atom. The van der Waals surface area contributed by atoms with Crippen LogP contribution in [0.25, 0.3) is 0 Å². The number of β-amino-alcohol motifs (C(OH)–C–C–N with tert-alkyl or cyclic N) is 1. The molecule has 1 aromatic rings. The van der Waals surface area contributed by atoms with E-state index in [1.165, 1.54) is 6.07 Å². The lowest BCUT2D eigenvalue weighted by atomic mass is 9.96. The maximum Gasteiger partial charge on any atom is 0.222 e. The minimum absolute atomic E-state index is 0.0260. The number of benzene rings is 1. The van der Waals surface area contributed by atoms with Crippen LogP contribution in [-0.4, -0.2) is 41.7 Å². The Kier molecular flexibility index (Phi) is 5.56. The first kappa shape index (κ1) is 15.8. The van der Waals surface area contributed by atoms with Crippen LogP contribution in [0, 0.1) is 11.7 Å². The third kappa shape index (κ3) is 4.43. The fourth-order valence-corrected chi connectivity index (χ4v) is 2.40. The standard InChI is InChI=1S/C16H22FNO3/c1-12-8-9-18(11-14(12)19)16(20)7-4-10-21-15-6-3-2-5-13(15)17/h2-3,5-6,12,14,19H,4,7-11H2,1H3. The quantitative estimate of drug-likeness (QED) is 0.847. The van der Waals surface area contributed by atoms with Crippen LogP contribution in [0.15, 0.2) is 24.3 Å². The highest BCUT2D eigenvalue weighted by atomic mass is 19.1. The molecule has 2 atom stereocenters. The average molecular weight is 295 g/mol. The van der Waals surface area contributed by atoms with Gasteiger partial charge < -0.3 is 14.7 Å². The van der Waals surface area contributed by atoms with Gasteiger partial charge in [-0.1, -0.05) is 19.1 Å². The number of hydrogen-bond donors (Lipinski definition) is 1. The average Bonchev–Trinajstić information content (AvgIpc) is 2.48. The van der Waals surface area contributed by atoms with Crippen molar-refractivity contribution in [3.63, 3.8) is 0 Å². The number of piperidine rings is 1. The molecule has 0 radical (unpaired) electrons. The summed E-state index contributed by atoms with van der Waals surface area (Å²) in [6.45, 7) is 3.41. The van der Waals surface area contributed by atoms with Crippen molar-refractivity contribution in [3.8, 4) is 5.75 Å². The number of halogens is 1. The minimum Gasteiger partial charge on any atom is -0.491 e. The van der Waals surface area contributed by atoms with E-state index in [0.717, 1.165) is 6.42 Å². The number of hydrogen-bond acceptors (Lipinski definition) is 3. The van der Waals surface area contributed by atoms with Gasteiger partial charge in [0, 0.05) is 19.5 Å². The van der Waals surface area contributed by atoms with E-state index in [-0.39, 0.29) is 17.6 Å². The Morgan fingerprint density at radius 2 is 2.24 bits per heavy atom. The summed E-state index contributed by atoms with van der Waals surface area (Å²) in [7, 11) is 0. The Labute approximate surface area is 124 Å². The molecule has 1 aliphatic rings. The van der Waals surface area contributed by atoms with Crippen molar-refractivity contribution in [1.29, 1.82) is 0 Å². The Bertz CT molecular complexity index is 480. The molecule has 0 spiro atoms. The molecule has 1 aromatic carbocycles. The molecule has 1 heterocycles. The number of aliphatic hydroxyl groups excluding tert-OH is 1. The molecule has 1 fully saturated rings. The molecule has 0 bridgehead atoms.